The molecule has 1 aromatic carbocycles. The Balaban J connectivity index is 0.000000352. The maximum atomic E-state index is 11.2. The molecule has 0 spiro atoms. The molecule has 3 rings (SSSR count). The van der Waals surface area contributed by atoms with Gasteiger partial charge in [0.2, 0.25) is 6.41 Å². The zero-order chi connectivity index (χ0) is 19.4. The summed E-state index contributed by atoms with van der Waals surface area (Å²) in [5, 5.41) is 0.984. The first kappa shape index (κ1) is 20.7. The van der Waals surface area contributed by atoms with Gasteiger partial charge in [-0.3, -0.25) is 9.36 Å². The fourth-order valence-electron chi connectivity index (χ4n) is 2.77. The Bertz CT molecular complexity index is 718. The minimum atomic E-state index is -0.453. The highest BCUT2D eigenvalue weighted by molar-refractivity contribution is 6.65. The van der Waals surface area contributed by atoms with E-state index in [1.54, 1.807) is 17.9 Å². The van der Waals surface area contributed by atoms with Crippen LogP contribution >= 0.6 is 0 Å². The lowest BCUT2D eigenvalue weighted by Crippen LogP contribution is -2.41. The van der Waals surface area contributed by atoms with E-state index in [9.17, 15) is 4.79 Å². The van der Waals surface area contributed by atoms with Gasteiger partial charge in [0, 0.05) is 25.4 Å². The number of aromatic nitrogens is 1. The van der Waals surface area contributed by atoms with Crippen LogP contribution in [0.25, 0.3) is 10.9 Å². The quantitative estimate of drug-likeness (QED) is 0.466. The summed E-state index contributed by atoms with van der Waals surface area (Å²) in [6, 6.07) is 7.76. The van der Waals surface area contributed by atoms with Crippen LogP contribution in [0.15, 0.2) is 30.5 Å². The molecule has 0 atom stereocenters. The fraction of sp³-hybridized carbons (Fsp3) is 0.550. The van der Waals surface area contributed by atoms with Gasteiger partial charge in [-0.25, -0.2) is 0 Å². The van der Waals surface area contributed by atoms with Gasteiger partial charge >= 0.3 is 7.12 Å². The normalized spacial score (nSPS) is 17.8. The van der Waals surface area contributed by atoms with Crippen molar-refractivity contribution in [1.29, 1.82) is 0 Å². The van der Waals surface area contributed by atoms with Crippen LogP contribution < -0.4 is 5.46 Å². The van der Waals surface area contributed by atoms with Gasteiger partial charge in [-0.2, -0.15) is 0 Å². The predicted molar refractivity (Wildman–Crippen MR) is 107 cm³/mol. The van der Waals surface area contributed by atoms with E-state index in [0.717, 1.165) is 29.4 Å². The van der Waals surface area contributed by atoms with Gasteiger partial charge in [-0.1, -0.05) is 31.5 Å². The largest absolute Gasteiger partial charge is 0.497 e. The van der Waals surface area contributed by atoms with Crippen LogP contribution in [0.2, 0.25) is 0 Å². The molecule has 0 N–H and O–H groups in total. The summed E-state index contributed by atoms with van der Waals surface area (Å²) >= 11 is 0. The van der Waals surface area contributed by atoms with Gasteiger partial charge in [0.1, 0.15) is 0 Å². The lowest BCUT2D eigenvalue weighted by atomic mass is 9.79. The second kappa shape index (κ2) is 8.38. The van der Waals surface area contributed by atoms with Crippen LogP contribution in [0.3, 0.4) is 0 Å². The van der Waals surface area contributed by atoms with E-state index in [-0.39, 0.29) is 11.2 Å². The molecule has 2 heterocycles. The molecular formula is C20H30BNO4. The highest BCUT2D eigenvalue weighted by Crippen LogP contribution is 2.37. The van der Waals surface area contributed by atoms with E-state index in [4.69, 9.17) is 14.0 Å². The number of unbranched alkanes of at least 4 members (excludes halogenated alkanes) is 1. The fourth-order valence-corrected chi connectivity index (χ4v) is 2.77. The lowest BCUT2D eigenvalue weighted by molar-refractivity contribution is 0.00578. The van der Waals surface area contributed by atoms with Crippen molar-refractivity contribution in [2.24, 2.45) is 0 Å². The first-order valence-corrected chi connectivity index (χ1v) is 9.16. The van der Waals surface area contributed by atoms with Crippen LogP contribution in [0.5, 0.6) is 0 Å². The maximum Gasteiger partial charge on any atom is 0.497 e. The Hall–Kier alpha value is -1.63. The number of rotatable bonds is 5. The molecule has 0 radical (unpaired) electrons. The molecule has 2 aromatic rings. The molecule has 26 heavy (non-hydrogen) atoms. The van der Waals surface area contributed by atoms with Crippen molar-refractivity contribution in [3.8, 4) is 0 Å². The monoisotopic (exact) mass is 359 g/mol. The van der Waals surface area contributed by atoms with Crippen molar-refractivity contribution in [3.63, 3.8) is 0 Å². The van der Waals surface area contributed by atoms with Crippen molar-refractivity contribution in [2.45, 2.75) is 58.7 Å². The van der Waals surface area contributed by atoms with Crippen molar-refractivity contribution in [2.75, 3.05) is 13.7 Å². The number of carbonyl (C=O) groups excluding carboxylic acids is 1. The van der Waals surface area contributed by atoms with Gasteiger partial charge in [0.25, 0.3) is 0 Å². The van der Waals surface area contributed by atoms with Gasteiger partial charge in [0.15, 0.2) is 0 Å². The van der Waals surface area contributed by atoms with Crippen LogP contribution in [-0.2, 0) is 18.8 Å². The number of hydrogen-bond acceptors (Lipinski definition) is 4. The topological polar surface area (TPSA) is 49.7 Å². The summed E-state index contributed by atoms with van der Waals surface area (Å²) in [5.41, 5.74) is 0.989. The molecule has 0 unspecified atom stereocenters. The minimum Gasteiger partial charge on any atom is -0.399 e. The van der Waals surface area contributed by atoms with E-state index in [0.29, 0.717) is 0 Å². The van der Waals surface area contributed by atoms with Crippen LogP contribution in [-0.4, -0.2) is 43.0 Å². The molecule has 0 saturated carbocycles. The van der Waals surface area contributed by atoms with Gasteiger partial charge in [0.05, 0.1) is 16.7 Å². The Morgan fingerprint density at radius 1 is 1.15 bits per heavy atom. The van der Waals surface area contributed by atoms with Crippen LogP contribution in [0, 0.1) is 0 Å². The van der Waals surface area contributed by atoms with Crippen molar-refractivity contribution < 1.29 is 18.8 Å². The summed E-state index contributed by atoms with van der Waals surface area (Å²) in [7, 11) is 1.28. The predicted octanol–water partition coefficient (Wildman–Crippen LogP) is 3.41. The average Bonchev–Trinajstić information content (AvgIpc) is 3.08. The molecule has 1 saturated heterocycles. The molecule has 6 heteroatoms. The van der Waals surface area contributed by atoms with Crippen molar-refractivity contribution >= 4 is 29.9 Å². The molecular weight excluding hydrogens is 329 g/mol. The van der Waals surface area contributed by atoms with Crippen LogP contribution in [0.1, 0.15) is 47.5 Å². The number of ether oxygens (including phenoxy) is 1. The highest BCUT2D eigenvalue weighted by Gasteiger charge is 2.52. The molecule has 0 bridgehead atoms. The molecule has 5 nitrogen and oxygen atoms in total. The van der Waals surface area contributed by atoms with Crippen molar-refractivity contribution in [3.05, 3.63) is 30.5 Å². The van der Waals surface area contributed by atoms with E-state index >= 15 is 0 Å². The van der Waals surface area contributed by atoms with Crippen LogP contribution in [0.4, 0.5) is 0 Å². The van der Waals surface area contributed by atoms with Crippen molar-refractivity contribution in [1.82, 2.24) is 4.57 Å². The smallest absolute Gasteiger partial charge is 0.399 e. The third-order valence-corrected chi connectivity index (χ3v) is 5.09. The molecule has 142 valence electrons. The third kappa shape index (κ3) is 4.19. The summed E-state index contributed by atoms with van der Waals surface area (Å²) in [6.45, 7) is 11.1. The lowest BCUT2D eigenvalue weighted by Gasteiger charge is -2.32. The highest BCUT2D eigenvalue weighted by atomic mass is 16.7. The number of hydrogen-bond donors (Lipinski definition) is 0. The molecule has 0 amide bonds. The van der Waals surface area contributed by atoms with E-state index in [1.165, 1.54) is 12.8 Å². The Labute approximate surface area is 156 Å². The van der Waals surface area contributed by atoms with Gasteiger partial charge < -0.3 is 14.0 Å². The summed E-state index contributed by atoms with van der Waals surface area (Å²) in [5.74, 6) is 0. The van der Waals surface area contributed by atoms with E-state index in [1.807, 2.05) is 52.0 Å². The Morgan fingerprint density at radius 2 is 1.77 bits per heavy atom. The molecule has 1 aliphatic rings. The SMILES string of the molecule is CC1(C)OB(c2cn(C=O)c3ccccc23)OC1(C)C.CCCCOC. The van der Waals surface area contributed by atoms with Gasteiger partial charge in [-0.15, -0.1) is 0 Å². The minimum absolute atomic E-state index is 0.387. The second-order valence-electron chi connectivity index (χ2n) is 7.55. The summed E-state index contributed by atoms with van der Waals surface area (Å²) in [4.78, 5) is 11.2. The van der Waals surface area contributed by atoms with Gasteiger partial charge in [-0.05, 0) is 45.6 Å². The zero-order valence-corrected chi connectivity index (χ0v) is 16.7. The molecule has 1 fully saturated rings. The average molecular weight is 359 g/mol. The maximum absolute atomic E-state index is 11.2. The standard InChI is InChI=1S/C15H18BNO3.C5H12O/c1-14(2)15(3,4)20-16(19-14)12-9-17(10-18)13-8-6-5-7-11(12)13;1-3-4-5-6-2/h5-10H,1-4H3;3-5H2,1-2H3. The molecule has 0 aliphatic carbocycles. The number of benzene rings is 1. The molecule has 1 aliphatic heterocycles. The Kier molecular flexibility index (Phi) is 6.66. The number of fused-ring (bicyclic) bond motifs is 1. The number of nitrogens with zero attached hydrogens (tertiary/aromatic N) is 1. The zero-order valence-electron chi connectivity index (χ0n) is 16.7. The summed E-state index contributed by atoms with van der Waals surface area (Å²) < 4.78 is 18.5. The number of methoxy groups -OCH3 is 1. The second-order valence-corrected chi connectivity index (χ2v) is 7.55. The molecule has 1 aromatic heterocycles. The summed E-state index contributed by atoms with van der Waals surface area (Å²) in [6.07, 6.45) is 5.02. The number of carbonyl (C=O) groups is 1. The first-order valence-electron chi connectivity index (χ1n) is 9.16. The third-order valence-electron chi connectivity index (χ3n) is 5.09. The number of para-hydroxylation sites is 1. The van der Waals surface area contributed by atoms with E-state index in [2.05, 4.69) is 6.92 Å². The Morgan fingerprint density at radius 3 is 2.27 bits per heavy atom. The van der Waals surface area contributed by atoms with E-state index < -0.39 is 7.12 Å². The first-order chi connectivity index (χ1) is 12.3.